The van der Waals surface area contributed by atoms with Crippen molar-refractivity contribution in [1.82, 2.24) is 10.3 Å². The summed E-state index contributed by atoms with van der Waals surface area (Å²) < 4.78 is 0. The number of aromatic nitrogens is 1. The number of amides is 2. The summed E-state index contributed by atoms with van der Waals surface area (Å²) in [6, 6.07) is 6.59. The minimum absolute atomic E-state index is 0.126. The van der Waals surface area contributed by atoms with Crippen molar-refractivity contribution in [3.8, 4) is 0 Å². The van der Waals surface area contributed by atoms with Gasteiger partial charge in [-0.25, -0.2) is 4.98 Å². The summed E-state index contributed by atoms with van der Waals surface area (Å²) in [4.78, 5) is 30.4. The summed E-state index contributed by atoms with van der Waals surface area (Å²) in [6.45, 7) is 2.08. The molecule has 6 heteroatoms. The molecular weight excluding hydrogens is 274 g/mol. The van der Waals surface area contributed by atoms with Gasteiger partial charge in [0.25, 0.3) is 5.91 Å². The molecule has 1 aliphatic rings. The van der Waals surface area contributed by atoms with Crippen LogP contribution in [0.3, 0.4) is 0 Å². The van der Waals surface area contributed by atoms with Gasteiger partial charge >= 0.3 is 0 Å². The molecule has 102 valence electrons. The van der Waals surface area contributed by atoms with E-state index in [4.69, 9.17) is 0 Å². The number of carbonyl (C=O) groups is 2. The number of thiazole rings is 1. The zero-order valence-corrected chi connectivity index (χ0v) is 11.7. The highest BCUT2D eigenvalue weighted by atomic mass is 32.1. The number of para-hydroxylation sites is 1. The minimum atomic E-state index is -0.546. The Morgan fingerprint density at radius 3 is 2.90 bits per heavy atom. The number of hydrogen-bond donors (Lipinski definition) is 1. The van der Waals surface area contributed by atoms with E-state index in [2.05, 4.69) is 10.3 Å². The maximum Gasteiger partial charge on any atom is 0.254 e. The van der Waals surface area contributed by atoms with Crippen LogP contribution in [0.2, 0.25) is 0 Å². The number of fused-ring (bicyclic) bond motifs is 1. The third-order valence-corrected chi connectivity index (χ3v) is 3.96. The Kier molecular flexibility index (Phi) is 3.23. The van der Waals surface area contributed by atoms with E-state index in [1.807, 2.05) is 11.4 Å². The molecule has 5 nitrogen and oxygen atoms in total. The third kappa shape index (κ3) is 2.18. The number of benzene rings is 1. The van der Waals surface area contributed by atoms with Gasteiger partial charge in [0.05, 0.1) is 17.8 Å². The van der Waals surface area contributed by atoms with Gasteiger partial charge < -0.3 is 10.2 Å². The molecule has 0 radical (unpaired) electrons. The average Bonchev–Trinajstić information content (AvgIpc) is 2.94. The van der Waals surface area contributed by atoms with E-state index in [-0.39, 0.29) is 11.8 Å². The van der Waals surface area contributed by atoms with Gasteiger partial charge in [-0.15, -0.1) is 11.3 Å². The van der Waals surface area contributed by atoms with Gasteiger partial charge in [0.2, 0.25) is 5.91 Å². The second kappa shape index (κ2) is 5.05. The average molecular weight is 287 g/mol. The molecule has 1 unspecified atom stereocenters. The van der Waals surface area contributed by atoms with Crippen LogP contribution in [0.25, 0.3) is 0 Å². The van der Waals surface area contributed by atoms with Gasteiger partial charge in [-0.3, -0.25) is 9.59 Å². The lowest BCUT2D eigenvalue weighted by molar-refractivity contribution is -0.120. The summed E-state index contributed by atoms with van der Waals surface area (Å²) >= 11 is 1.49. The van der Waals surface area contributed by atoms with Crippen molar-refractivity contribution in [3.63, 3.8) is 0 Å². The Bertz CT molecular complexity index is 654. The molecular formula is C14H13N3O2S. The first-order valence-corrected chi connectivity index (χ1v) is 7.14. The molecule has 2 aromatic rings. The number of hydrogen-bond acceptors (Lipinski definition) is 4. The van der Waals surface area contributed by atoms with E-state index >= 15 is 0 Å². The monoisotopic (exact) mass is 287 g/mol. The zero-order valence-electron chi connectivity index (χ0n) is 10.9. The van der Waals surface area contributed by atoms with E-state index < -0.39 is 6.04 Å². The fourth-order valence-electron chi connectivity index (χ4n) is 2.22. The first-order chi connectivity index (χ1) is 9.66. The molecule has 0 fully saturated rings. The second-order valence-corrected chi connectivity index (χ2v) is 5.54. The summed E-state index contributed by atoms with van der Waals surface area (Å²) in [6.07, 6.45) is 1.71. The standard InChI is InChI=1S/C14H13N3O2S/c1-9-14(19)17(8-12-15-6-7-20-12)11-5-3-2-4-10(11)13(18)16-9/h2-7,9H,8H2,1H3,(H,16,18). The predicted octanol–water partition coefficient (Wildman–Crippen LogP) is 1.81. The van der Waals surface area contributed by atoms with Crippen LogP contribution in [0, 0.1) is 0 Å². The van der Waals surface area contributed by atoms with Crippen molar-refractivity contribution in [3.05, 3.63) is 46.4 Å². The predicted molar refractivity (Wildman–Crippen MR) is 76.7 cm³/mol. The summed E-state index contributed by atoms with van der Waals surface area (Å²) in [5.74, 6) is -0.346. The smallest absolute Gasteiger partial charge is 0.254 e. The van der Waals surface area contributed by atoms with Crippen LogP contribution >= 0.6 is 11.3 Å². The van der Waals surface area contributed by atoms with Gasteiger partial charge in [0.15, 0.2) is 0 Å². The Labute approximate surface area is 120 Å². The molecule has 0 spiro atoms. The maximum absolute atomic E-state index is 12.5. The number of anilines is 1. The van der Waals surface area contributed by atoms with Gasteiger partial charge in [0.1, 0.15) is 11.0 Å². The van der Waals surface area contributed by atoms with Crippen molar-refractivity contribution in [2.75, 3.05) is 4.90 Å². The van der Waals surface area contributed by atoms with Crippen LogP contribution in [0.1, 0.15) is 22.3 Å². The summed E-state index contributed by atoms with van der Waals surface area (Å²) in [5, 5.41) is 5.42. The number of nitrogens with one attached hydrogen (secondary N) is 1. The molecule has 3 rings (SSSR count). The van der Waals surface area contributed by atoms with E-state index in [9.17, 15) is 9.59 Å². The van der Waals surface area contributed by atoms with Gasteiger partial charge in [-0.2, -0.15) is 0 Å². The Hall–Kier alpha value is -2.21. The highest BCUT2D eigenvalue weighted by molar-refractivity contribution is 7.09. The third-order valence-electron chi connectivity index (χ3n) is 3.20. The lowest BCUT2D eigenvalue weighted by atomic mass is 10.1. The van der Waals surface area contributed by atoms with Crippen molar-refractivity contribution in [1.29, 1.82) is 0 Å². The van der Waals surface area contributed by atoms with Crippen LogP contribution in [0.15, 0.2) is 35.8 Å². The topological polar surface area (TPSA) is 62.3 Å². The highest BCUT2D eigenvalue weighted by Gasteiger charge is 2.31. The summed E-state index contributed by atoms with van der Waals surface area (Å²) in [5.41, 5.74) is 1.15. The van der Waals surface area contributed by atoms with Crippen molar-refractivity contribution in [2.24, 2.45) is 0 Å². The number of nitrogens with zero attached hydrogens (tertiary/aromatic N) is 2. The highest BCUT2D eigenvalue weighted by Crippen LogP contribution is 2.26. The maximum atomic E-state index is 12.5. The Morgan fingerprint density at radius 2 is 2.15 bits per heavy atom. The van der Waals surface area contributed by atoms with Crippen LogP contribution in [0.4, 0.5) is 5.69 Å². The molecule has 1 atom stereocenters. The lowest BCUT2D eigenvalue weighted by Gasteiger charge is -2.22. The van der Waals surface area contributed by atoms with E-state index in [1.165, 1.54) is 11.3 Å². The largest absolute Gasteiger partial charge is 0.340 e. The lowest BCUT2D eigenvalue weighted by Crippen LogP contribution is -2.43. The quantitative estimate of drug-likeness (QED) is 0.916. The van der Waals surface area contributed by atoms with E-state index in [0.29, 0.717) is 17.8 Å². The summed E-state index contributed by atoms with van der Waals surface area (Å²) in [7, 11) is 0. The SMILES string of the molecule is CC1NC(=O)c2ccccc2N(Cc2nccs2)C1=O. The molecule has 0 saturated carbocycles. The fraction of sp³-hybridized carbons (Fsp3) is 0.214. The van der Waals surface area contributed by atoms with Crippen molar-refractivity contribution in [2.45, 2.75) is 19.5 Å². The van der Waals surface area contributed by atoms with E-state index in [0.717, 1.165) is 5.01 Å². The second-order valence-electron chi connectivity index (χ2n) is 4.56. The molecule has 0 aliphatic carbocycles. The molecule has 20 heavy (non-hydrogen) atoms. The van der Waals surface area contributed by atoms with Gasteiger partial charge in [-0.05, 0) is 19.1 Å². The fourth-order valence-corrected chi connectivity index (χ4v) is 2.82. The molecule has 1 aliphatic heterocycles. The first-order valence-electron chi connectivity index (χ1n) is 6.26. The molecule has 2 heterocycles. The molecule has 1 N–H and O–H groups in total. The Morgan fingerprint density at radius 1 is 1.35 bits per heavy atom. The molecule has 0 saturated heterocycles. The van der Waals surface area contributed by atoms with Gasteiger partial charge in [-0.1, -0.05) is 12.1 Å². The van der Waals surface area contributed by atoms with Crippen LogP contribution in [0.5, 0.6) is 0 Å². The van der Waals surface area contributed by atoms with Crippen molar-refractivity contribution < 1.29 is 9.59 Å². The van der Waals surface area contributed by atoms with Crippen LogP contribution < -0.4 is 10.2 Å². The minimum Gasteiger partial charge on any atom is -0.340 e. The molecule has 0 bridgehead atoms. The Balaban J connectivity index is 2.06. The number of rotatable bonds is 2. The molecule has 2 amide bonds. The van der Waals surface area contributed by atoms with Crippen LogP contribution in [-0.4, -0.2) is 22.8 Å². The number of carbonyl (C=O) groups excluding carboxylic acids is 2. The first kappa shape index (κ1) is 12.8. The van der Waals surface area contributed by atoms with Gasteiger partial charge in [0, 0.05) is 11.6 Å². The van der Waals surface area contributed by atoms with Crippen molar-refractivity contribution >= 4 is 28.8 Å². The van der Waals surface area contributed by atoms with E-state index in [1.54, 1.807) is 36.2 Å². The molecule has 1 aromatic heterocycles. The normalized spacial score (nSPS) is 18.4. The van der Waals surface area contributed by atoms with Crippen LogP contribution in [-0.2, 0) is 11.3 Å². The molecule has 1 aromatic carbocycles. The zero-order chi connectivity index (χ0) is 14.1.